The molecule has 106 valence electrons. The third kappa shape index (κ3) is 3.38. The minimum atomic E-state index is 0.0554. The molecule has 0 aliphatic carbocycles. The fourth-order valence-electron chi connectivity index (χ4n) is 2.36. The predicted octanol–water partition coefficient (Wildman–Crippen LogP) is 4.39. The molecule has 1 aromatic heterocycles. The van der Waals surface area contributed by atoms with Crippen LogP contribution in [-0.2, 0) is 6.42 Å². The zero-order valence-electron chi connectivity index (χ0n) is 12.1. The van der Waals surface area contributed by atoms with Gasteiger partial charge < -0.3 is 5.32 Å². The Bertz CT molecular complexity index is 554. The summed E-state index contributed by atoms with van der Waals surface area (Å²) in [5, 5.41) is 4.36. The molecule has 0 saturated carbocycles. The van der Waals surface area contributed by atoms with Gasteiger partial charge in [0, 0.05) is 11.2 Å². The summed E-state index contributed by atoms with van der Waals surface area (Å²) in [6, 6.07) is 12.2. The zero-order valence-corrected chi connectivity index (χ0v) is 12.8. The van der Waals surface area contributed by atoms with Crippen LogP contribution in [-0.4, -0.2) is 11.5 Å². The smallest absolute Gasteiger partial charge is 0.0768 e. The molecule has 1 N–H and O–H groups in total. The number of nitrogens with one attached hydrogen (secondary N) is 1. The highest BCUT2D eigenvalue weighted by molar-refractivity contribution is 6.31. The molecule has 0 aliphatic heterocycles. The Morgan fingerprint density at radius 2 is 1.95 bits per heavy atom. The molecule has 20 heavy (non-hydrogen) atoms. The van der Waals surface area contributed by atoms with Crippen molar-refractivity contribution in [3.63, 3.8) is 0 Å². The van der Waals surface area contributed by atoms with Crippen molar-refractivity contribution >= 4 is 11.6 Å². The number of aryl methyl sites for hydroxylation is 1. The first kappa shape index (κ1) is 15.0. The van der Waals surface area contributed by atoms with Crippen LogP contribution in [0.15, 0.2) is 42.6 Å². The summed E-state index contributed by atoms with van der Waals surface area (Å²) in [6.07, 6.45) is 3.90. The van der Waals surface area contributed by atoms with Crippen molar-refractivity contribution in [3.8, 4) is 0 Å². The van der Waals surface area contributed by atoms with Gasteiger partial charge in [-0.05, 0) is 42.6 Å². The van der Waals surface area contributed by atoms with Crippen LogP contribution in [0.5, 0.6) is 0 Å². The maximum Gasteiger partial charge on any atom is 0.0768 e. The Morgan fingerprint density at radius 1 is 1.15 bits per heavy atom. The fourth-order valence-corrected chi connectivity index (χ4v) is 2.61. The standard InChI is InChI=1S/C17H21ClN2/c1-3-11-19-17(14-9-5-6-10-15(14)18)16-13(4-2)8-7-12-20-16/h5-10,12,17,19H,3-4,11H2,1-2H3. The first-order chi connectivity index (χ1) is 9.77. The van der Waals surface area contributed by atoms with Gasteiger partial charge in [-0.2, -0.15) is 0 Å². The van der Waals surface area contributed by atoms with Gasteiger partial charge in [-0.3, -0.25) is 4.98 Å². The summed E-state index contributed by atoms with van der Waals surface area (Å²) in [5.74, 6) is 0. The maximum absolute atomic E-state index is 6.38. The van der Waals surface area contributed by atoms with Gasteiger partial charge in [0.25, 0.3) is 0 Å². The molecule has 0 amide bonds. The first-order valence-electron chi connectivity index (χ1n) is 7.19. The Kier molecular flexibility index (Phi) is 5.57. The highest BCUT2D eigenvalue weighted by Gasteiger charge is 2.19. The highest BCUT2D eigenvalue weighted by Crippen LogP contribution is 2.29. The molecule has 0 radical (unpaired) electrons. The fraction of sp³-hybridized carbons (Fsp3) is 0.353. The molecule has 3 heteroatoms. The Balaban J connectivity index is 2.44. The number of nitrogens with zero attached hydrogens (tertiary/aromatic N) is 1. The molecular formula is C17H21ClN2. The van der Waals surface area contributed by atoms with E-state index in [0.717, 1.165) is 35.7 Å². The van der Waals surface area contributed by atoms with Crippen molar-refractivity contribution < 1.29 is 0 Å². The quantitative estimate of drug-likeness (QED) is 0.853. The van der Waals surface area contributed by atoms with Crippen molar-refractivity contribution in [1.29, 1.82) is 0 Å². The Morgan fingerprint density at radius 3 is 2.65 bits per heavy atom. The maximum atomic E-state index is 6.38. The molecular weight excluding hydrogens is 268 g/mol. The van der Waals surface area contributed by atoms with E-state index in [0.29, 0.717) is 0 Å². The van der Waals surface area contributed by atoms with Crippen molar-refractivity contribution in [2.75, 3.05) is 6.54 Å². The van der Waals surface area contributed by atoms with Crippen LogP contribution in [0.4, 0.5) is 0 Å². The van der Waals surface area contributed by atoms with Gasteiger partial charge in [-0.15, -0.1) is 0 Å². The number of hydrogen-bond donors (Lipinski definition) is 1. The predicted molar refractivity (Wildman–Crippen MR) is 85.2 cm³/mol. The normalized spacial score (nSPS) is 12.3. The van der Waals surface area contributed by atoms with Crippen LogP contribution < -0.4 is 5.32 Å². The summed E-state index contributed by atoms with van der Waals surface area (Å²) >= 11 is 6.38. The van der Waals surface area contributed by atoms with Crippen molar-refractivity contribution in [3.05, 3.63) is 64.4 Å². The molecule has 1 atom stereocenters. The minimum absolute atomic E-state index is 0.0554. The molecule has 1 heterocycles. The summed E-state index contributed by atoms with van der Waals surface area (Å²) in [4.78, 5) is 4.60. The topological polar surface area (TPSA) is 24.9 Å². The lowest BCUT2D eigenvalue weighted by Gasteiger charge is -2.22. The van der Waals surface area contributed by atoms with Crippen LogP contribution in [0.1, 0.15) is 43.1 Å². The van der Waals surface area contributed by atoms with Gasteiger partial charge in [-0.25, -0.2) is 0 Å². The van der Waals surface area contributed by atoms with Gasteiger partial charge in [-0.1, -0.05) is 49.7 Å². The largest absolute Gasteiger partial charge is 0.305 e. The molecule has 1 aromatic carbocycles. The first-order valence-corrected chi connectivity index (χ1v) is 7.57. The van der Waals surface area contributed by atoms with Crippen molar-refractivity contribution in [2.24, 2.45) is 0 Å². The highest BCUT2D eigenvalue weighted by atomic mass is 35.5. The van der Waals surface area contributed by atoms with Crippen LogP contribution in [0.2, 0.25) is 5.02 Å². The second-order valence-corrected chi connectivity index (χ2v) is 5.22. The molecule has 0 saturated heterocycles. The van der Waals surface area contributed by atoms with E-state index in [-0.39, 0.29) is 6.04 Å². The molecule has 0 bridgehead atoms. The monoisotopic (exact) mass is 288 g/mol. The van der Waals surface area contributed by atoms with Gasteiger partial charge in [0.1, 0.15) is 0 Å². The van der Waals surface area contributed by atoms with E-state index in [1.165, 1.54) is 5.56 Å². The van der Waals surface area contributed by atoms with Crippen LogP contribution in [0.3, 0.4) is 0 Å². The van der Waals surface area contributed by atoms with Gasteiger partial charge in [0.15, 0.2) is 0 Å². The molecule has 2 aromatic rings. The molecule has 2 rings (SSSR count). The van der Waals surface area contributed by atoms with Gasteiger partial charge in [0.05, 0.1) is 11.7 Å². The van der Waals surface area contributed by atoms with Crippen molar-refractivity contribution in [1.82, 2.24) is 10.3 Å². The second-order valence-electron chi connectivity index (χ2n) is 4.81. The molecule has 0 fully saturated rings. The number of pyridine rings is 1. The van der Waals surface area contributed by atoms with Crippen LogP contribution in [0.25, 0.3) is 0 Å². The van der Waals surface area contributed by atoms with E-state index < -0.39 is 0 Å². The van der Waals surface area contributed by atoms with Crippen LogP contribution >= 0.6 is 11.6 Å². The number of benzene rings is 1. The Labute approximate surface area is 126 Å². The van der Waals surface area contributed by atoms with Gasteiger partial charge >= 0.3 is 0 Å². The molecule has 0 spiro atoms. The lowest BCUT2D eigenvalue weighted by molar-refractivity contribution is 0.582. The van der Waals surface area contributed by atoms with E-state index in [1.807, 2.05) is 30.5 Å². The molecule has 2 nitrogen and oxygen atoms in total. The second kappa shape index (κ2) is 7.41. The molecule has 0 aliphatic rings. The number of hydrogen-bond acceptors (Lipinski definition) is 2. The number of halogens is 1. The third-order valence-electron chi connectivity index (χ3n) is 3.40. The minimum Gasteiger partial charge on any atom is -0.305 e. The average Bonchev–Trinajstić information content (AvgIpc) is 2.49. The zero-order chi connectivity index (χ0) is 14.4. The van der Waals surface area contributed by atoms with Crippen molar-refractivity contribution in [2.45, 2.75) is 32.7 Å². The van der Waals surface area contributed by atoms with Crippen LogP contribution in [0, 0.1) is 0 Å². The number of rotatable bonds is 6. The average molecular weight is 289 g/mol. The Hall–Kier alpha value is -1.38. The summed E-state index contributed by atoms with van der Waals surface area (Å²) in [7, 11) is 0. The lowest BCUT2D eigenvalue weighted by Crippen LogP contribution is -2.25. The summed E-state index contributed by atoms with van der Waals surface area (Å²) in [6.45, 7) is 5.26. The van der Waals surface area contributed by atoms with E-state index in [4.69, 9.17) is 11.6 Å². The summed E-state index contributed by atoms with van der Waals surface area (Å²) in [5.41, 5.74) is 3.44. The molecule has 1 unspecified atom stereocenters. The number of aromatic nitrogens is 1. The van der Waals surface area contributed by atoms with E-state index >= 15 is 0 Å². The lowest BCUT2D eigenvalue weighted by atomic mass is 9.98. The van der Waals surface area contributed by atoms with Gasteiger partial charge in [0.2, 0.25) is 0 Å². The third-order valence-corrected chi connectivity index (χ3v) is 3.74. The SMILES string of the molecule is CCCNC(c1ccccc1Cl)c1ncccc1CC. The van der Waals surface area contributed by atoms with E-state index in [9.17, 15) is 0 Å². The summed E-state index contributed by atoms with van der Waals surface area (Å²) < 4.78 is 0. The van der Waals surface area contributed by atoms with E-state index in [1.54, 1.807) is 0 Å². The van der Waals surface area contributed by atoms with E-state index in [2.05, 4.69) is 36.3 Å².